The van der Waals surface area contributed by atoms with Gasteiger partial charge in [0.2, 0.25) is 0 Å². The fourth-order valence-corrected chi connectivity index (χ4v) is 2.49. The first-order valence-electron chi connectivity index (χ1n) is 5.78. The van der Waals surface area contributed by atoms with Crippen molar-refractivity contribution >= 4 is 0 Å². The summed E-state index contributed by atoms with van der Waals surface area (Å²) in [5.41, 5.74) is 0. The molecule has 2 heterocycles. The Morgan fingerprint density at radius 1 is 1.50 bits per heavy atom. The van der Waals surface area contributed by atoms with Crippen LogP contribution < -0.4 is 0 Å². The van der Waals surface area contributed by atoms with Gasteiger partial charge in [0, 0.05) is 25.2 Å². The Morgan fingerprint density at radius 2 is 2.31 bits per heavy atom. The van der Waals surface area contributed by atoms with Crippen LogP contribution in [0.4, 0.5) is 0 Å². The first-order valence-corrected chi connectivity index (χ1v) is 5.78. The van der Waals surface area contributed by atoms with Crippen molar-refractivity contribution in [2.24, 2.45) is 0 Å². The third-order valence-corrected chi connectivity index (χ3v) is 3.26. The number of furan rings is 1. The van der Waals surface area contributed by atoms with E-state index in [-0.39, 0.29) is 12.6 Å². The molecule has 1 N–H and O–H groups in total. The Morgan fingerprint density at radius 3 is 2.94 bits per heavy atom. The topological polar surface area (TPSA) is 39.9 Å². The molecule has 90 valence electrons. The Labute approximate surface area is 96.5 Å². The van der Waals surface area contributed by atoms with Crippen LogP contribution in [0.25, 0.3) is 0 Å². The van der Waals surface area contributed by atoms with Crippen LogP contribution in [0.5, 0.6) is 0 Å². The summed E-state index contributed by atoms with van der Waals surface area (Å²) in [6.45, 7) is 5.14. The maximum Gasteiger partial charge on any atom is 0.117 e. The molecule has 2 atom stereocenters. The lowest BCUT2D eigenvalue weighted by Crippen LogP contribution is -2.57. The van der Waals surface area contributed by atoms with Crippen molar-refractivity contribution in [3.8, 4) is 0 Å². The number of likely N-dealkylation sites (N-methyl/N-ethyl adjacent to an activating group) is 1. The normalized spacial score (nSPS) is 28.4. The Balaban J connectivity index is 2.05. The van der Waals surface area contributed by atoms with Crippen LogP contribution in [0, 0.1) is 0 Å². The highest BCUT2D eigenvalue weighted by atomic mass is 16.3. The van der Waals surface area contributed by atoms with E-state index in [9.17, 15) is 5.11 Å². The van der Waals surface area contributed by atoms with E-state index in [4.69, 9.17) is 4.42 Å². The minimum absolute atomic E-state index is 0.204. The average Bonchev–Trinajstić information content (AvgIpc) is 2.74. The minimum atomic E-state index is 0.204. The summed E-state index contributed by atoms with van der Waals surface area (Å²) < 4.78 is 5.37. The Hall–Kier alpha value is -0.840. The van der Waals surface area contributed by atoms with Gasteiger partial charge in [0.05, 0.1) is 19.4 Å². The average molecular weight is 224 g/mol. The Bertz CT molecular complexity index is 313. The van der Waals surface area contributed by atoms with Gasteiger partial charge in [0.1, 0.15) is 5.76 Å². The fourth-order valence-electron chi connectivity index (χ4n) is 2.49. The summed E-state index contributed by atoms with van der Waals surface area (Å²) in [6, 6.07) is 4.54. The standard InChI is InChI=1S/C12H20N2O2/c1-10-6-13(2)7-11(9-15)14(10)8-12-4-3-5-16-12/h3-5,10-11,15H,6-9H2,1-2H3. The van der Waals surface area contributed by atoms with Gasteiger partial charge in [0.15, 0.2) is 0 Å². The second-order valence-corrected chi connectivity index (χ2v) is 4.66. The fraction of sp³-hybridized carbons (Fsp3) is 0.667. The first-order chi connectivity index (χ1) is 7.70. The lowest BCUT2D eigenvalue weighted by molar-refractivity contribution is 0.00461. The molecule has 1 aliphatic rings. The van der Waals surface area contributed by atoms with Gasteiger partial charge in [-0.3, -0.25) is 4.90 Å². The van der Waals surface area contributed by atoms with Crippen LogP contribution in [0.3, 0.4) is 0 Å². The van der Waals surface area contributed by atoms with E-state index in [1.165, 1.54) is 0 Å². The summed E-state index contributed by atoms with van der Waals surface area (Å²) in [6.07, 6.45) is 1.70. The highest BCUT2D eigenvalue weighted by Crippen LogP contribution is 2.18. The van der Waals surface area contributed by atoms with Crippen molar-refractivity contribution in [3.63, 3.8) is 0 Å². The third-order valence-electron chi connectivity index (χ3n) is 3.26. The summed E-state index contributed by atoms with van der Waals surface area (Å²) in [5.74, 6) is 0.967. The molecule has 0 aromatic carbocycles. The zero-order valence-corrected chi connectivity index (χ0v) is 9.97. The van der Waals surface area contributed by atoms with Crippen LogP contribution >= 0.6 is 0 Å². The zero-order chi connectivity index (χ0) is 11.5. The molecule has 16 heavy (non-hydrogen) atoms. The molecule has 0 aliphatic carbocycles. The van der Waals surface area contributed by atoms with E-state index in [2.05, 4.69) is 23.8 Å². The summed E-state index contributed by atoms with van der Waals surface area (Å²) >= 11 is 0. The van der Waals surface area contributed by atoms with Crippen molar-refractivity contribution in [3.05, 3.63) is 24.2 Å². The highest BCUT2D eigenvalue weighted by Gasteiger charge is 2.30. The number of rotatable bonds is 3. The van der Waals surface area contributed by atoms with Crippen molar-refractivity contribution < 1.29 is 9.52 Å². The molecule has 0 amide bonds. The molecule has 0 radical (unpaired) electrons. The molecular formula is C12H20N2O2. The van der Waals surface area contributed by atoms with E-state index in [0.29, 0.717) is 6.04 Å². The maximum atomic E-state index is 9.43. The van der Waals surface area contributed by atoms with Gasteiger partial charge in [-0.15, -0.1) is 0 Å². The molecule has 4 nitrogen and oxygen atoms in total. The molecule has 1 saturated heterocycles. The van der Waals surface area contributed by atoms with Crippen LogP contribution in [-0.2, 0) is 6.54 Å². The van der Waals surface area contributed by atoms with E-state index in [1.807, 2.05) is 12.1 Å². The van der Waals surface area contributed by atoms with Gasteiger partial charge in [-0.05, 0) is 26.1 Å². The van der Waals surface area contributed by atoms with Crippen molar-refractivity contribution in [2.75, 3.05) is 26.7 Å². The number of piperazine rings is 1. The van der Waals surface area contributed by atoms with E-state index < -0.39 is 0 Å². The summed E-state index contributed by atoms with van der Waals surface area (Å²) in [4.78, 5) is 4.59. The number of aliphatic hydroxyl groups excluding tert-OH is 1. The van der Waals surface area contributed by atoms with E-state index in [1.54, 1.807) is 6.26 Å². The molecule has 0 spiro atoms. The summed E-state index contributed by atoms with van der Waals surface area (Å²) in [5, 5.41) is 9.43. The molecule has 1 aromatic heterocycles. The zero-order valence-electron chi connectivity index (χ0n) is 9.97. The maximum absolute atomic E-state index is 9.43. The minimum Gasteiger partial charge on any atom is -0.468 e. The van der Waals surface area contributed by atoms with Gasteiger partial charge >= 0.3 is 0 Å². The second kappa shape index (κ2) is 4.99. The van der Waals surface area contributed by atoms with Crippen LogP contribution in [0.1, 0.15) is 12.7 Å². The quantitative estimate of drug-likeness (QED) is 0.823. The second-order valence-electron chi connectivity index (χ2n) is 4.66. The number of nitrogens with zero attached hydrogens (tertiary/aromatic N) is 2. The largest absolute Gasteiger partial charge is 0.468 e. The smallest absolute Gasteiger partial charge is 0.117 e. The van der Waals surface area contributed by atoms with Gasteiger partial charge < -0.3 is 14.4 Å². The monoisotopic (exact) mass is 224 g/mol. The van der Waals surface area contributed by atoms with Gasteiger partial charge in [0.25, 0.3) is 0 Å². The van der Waals surface area contributed by atoms with Crippen molar-refractivity contribution in [1.29, 1.82) is 0 Å². The molecule has 2 unspecified atom stereocenters. The summed E-state index contributed by atoms with van der Waals surface area (Å²) in [7, 11) is 2.10. The lowest BCUT2D eigenvalue weighted by Gasteiger charge is -2.43. The van der Waals surface area contributed by atoms with E-state index in [0.717, 1.165) is 25.4 Å². The SMILES string of the molecule is CC1CN(C)CC(CO)N1Cc1ccco1. The predicted octanol–water partition coefficient (Wildman–Crippen LogP) is 0.776. The van der Waals surface area contributed by atoms with Gasteiger partial charge in [-0.25, -0.2) is 0 Å². The number of hydrogen-bond acceptors (Lipinski definition) is 4. The molecule has 1 aliphatic heterocycles. The molecular weight excluding hydrogens is 204 g/mol. The highest BCUT2D eigenvalue weighted by molar-refractivity contribution is 5.00. The molecule has 0 saturated carbocycles. The Kier molecular flexibility index (Phi) is 3.63. The molecule has 2 rings (SSSR count). The van der Waals surface area contributed by atoms with E-state index >= 15 is 0 Å². The molecule has 1 fully saturated rings. The van der Waals surface area contributed by atoms with Crippen LogP contribution in [0.15, 0.2) is 22.8 Å². The van der Waals surface area contributed by atoms with Crippen LogP contribution in [-0.4, -0.2) is 53.7 Å². The van der Waals surface area contributed by atoms with Crippen LogP contribution in [0.2, 0.25) is 0 Å². The number of hydrogen-bond donors (Lipinski definition) is 1. The molecule has 1 aromatic rings. The molecule has 0 bridgehead atoms. The first kappa shape index (κ1) is 11.6. The van der Waals surface area contributed by atoms with Gasteiger partial charge in [-0.2, -0.15) is 0 Å². The number of aliphatic hydroxyl groups is 1. The van der Waals surface area contributed by atoms with Crippen molar-refractivity contribution in [2.45, 2.75) is 25.6 Å². The molecule has 4 heteroatoms. The lowest BCUT2D eigenvalue weighted by atomic mass is 10.1. The van der Waals surface area contributed by atoms with Crippen molar-refractivity contribution in [1.82, 2.24) is 9.80 Å². The van der Waals surface area contributed by atoms with Gasteiger partial charge in [-0.1, -0.05) is 0 Å². The third kappa shape index (κ3) is 2.45. The predicted molar refractivity (Wildman–Crippen MR) is 62.1 cm³/mol.